The van der Waals surface area contributed by atoms with E-state index in [9.17, 15) is 9.59 Å². The van der Waals surface area contributed by atoms with Crippen LogP contribution >= 0.6 is 0 Å². The number of unbranched alkanes of at least 4 members (excludes halogenated alkanes) is 17. The quantitative estimate of drug-likeness (QED) is 0.0542. The van der Waals surface area contributed by atoms with E-state index in [1.807, 2.05) is 6.08 Å². The van der Waals surface area contributed by atoms with Crippen molar-refractivity contribution in [3.8, 4) is 0 Å². The standard InChI is InChI=1S/C34H64O4/c1-4-7-10-13-15-21-26-31-37-33(35)29-24-19-16-20-25-30-34(36)38-32(27-22-17-12-9-6-3)28-23-18-14-11-8-5-2/h21,26,32H,4-20,22-25,27-31H2,1-3H3/b26-21-. The molecule has 0 aliphatic heterocycles. The molecule has 0 rings (SSSR count). The van der Waals surface area contributed by atoms with Crippen LogP contribution in [0.4, 0.5) is 0 Å². The molecule has 0 radical (unpaired) electrons. The van der Waals surface area contributed by atoms with E-state index in [1.54, 1.807) is 0 Å². The Hall–Kier alpha value is -1.32. The Morgan fingerprint density at radius 2 is 0.974 bits per heavy atom. The van der Waals surface area contributed by atoms with Crippen LogP contribution in [0.5, 0.6) is 0 Å². The Labute approximate surface area is 237 Å². The van der Waals surface area contributed by atoms with E-state index in [4.69, 9.17) is 9.47 Å². The van der Waals surface area contributed by atoms with Crippen LogP contribution in [-0.4, -0.2) is 24.6 Å². The van der Waals surface area contributed by atoms with Crippen molar-refractivity contribution >= 4 is 11.9 Å². The molecular weight excluding hydrogens is 472 g/mol. The SMILES string of the molecule is CCCCCC/C=C\COC(=O)CCCCCCCC(=O)OC(CCCCCCC)CCCCCCCC. The van der Waals surface area contributed by atoms with Crippen LogP contribution in [0.3, 0.4) is 0 Å². The molecule has 0 spiro atoms. The Bertz CT molecular complexity index is 543. The van der Waals surface area contributed by atoms with E-state index in [-0.39, 0.29) is 18.0 Å². The first kappa shape index (κ1) is 36.7. The summed E-state index contributed by atoms with van der Waals surface area (Å²) in [6, 6.07) is 0. The van der Waals surface area contributed by atoms with E-state index in [0.29, 0.717) is 19.4 Å². The van der Waals surface area contributed by atoms with Gasteiger partial charge in [-0.1, -0.05) is 129 Å². The summed E-state index contributed by atoms with van der Waals surface area (Å²) in [6.07, 6.45) is 32.2. The van der Waals surface area contributed by atoms with Gasteiger partial charge in [-0.25, -0.2) is 0 Å². The molecule has 4 nitrogen and oxygen atoms in total. The molecule has 0 N–H and O–H groups in total. The molecule has 0 saturated heterocycles. The van der Waals surface area contributed by atoms with Crippen molar-refractivity contribution in [3.63, 3.8) is 0 Å². The fraction of sp³-hybridized carbons (Fsp3) is 0.882. The summed E-state index contributed by atoms with van der Waals surface area (Å²) < 4.78 is 11.2. The lowest BCUT2D eigenvalue weighted by atomic mass is 10.0. The lowest BCUT2D eigenvalue weighted by molar-refractivity contribution is -0.150. The average molecular weight is 537 g/mol. The Morgan fingerprint density at radius 1 is 0.526 bits per heavy atom. The van der Waals surface area contributed by atoms with Crippen LogP contribution in [0.2, 0.25) is 0 Å². The van der Waals surface area contributed by atoms with Crippen molar-refractivity contribution in [2.45, 2.75) is 187 Å². The first-order valence-electron chi connectivity index (χ1n) is 16.6. The highest BCUT2D eigenvalue weighted by Gasteiger charge is 2.14. The molecule has 0 saturated carbocycles. The summed E-state index contributed by atoms with van der Waals surface area (Å²) in [5, 5.41) is 0. The average Bonchev–Trinajstić information content (AvgIpc) is 2.91. The molecule has 0 aromatic carbocycles. The van der Waals surface area contributed by atoms with Gasteiger partial charge in [-0.15, -0.1) is 0 Å². The highest BCUT2D eigenvalue weighted by Crippen LogP contribution is 2.18. The summed E-state index contributed by atoms with van der Waals surface area (Å²) in [4.78, 5) is 24.3. The summed E-state index contributed by atoms with van der Waals surface area (Å²) in [5.41, 5.74) is 0. The maximum absolute atomic E-state index is 12.5. The van der Waals surface area contributed by atoms with Gasteiger partial charge >= 0.3 is 11.9 Å². The normalized spacial score (nSPS) is 12.2. The monoisotopic (exact) mass is 536 g/mol. The predicted molar refractivity (Wildman–Crippen MR) is 162 cm³/mol. The van der Waals surface area contributed by atoms with Crippen LogP contribution in [0.25, 0.3) is 0 Å². The second kappa shape index (κ2) is 30.2. The van der Waals surface area contributed by atoms with Crippen LogP contribution in [0.15, 0.2) is 12.2 Å². The van der Waals surface area contributed by atoms with Crippen molar-refractivity contribution in [2.24, 2.45) is 0 Å². The molecule has 38 heavy (non-hydrogen) atoms. The topological polar surface area (TPSA) is 52.6 Å². The van der Waals surface area contributed by atoms with Crippen LogP contribution in [0, 0.1) is 0 Å². The van der Waals surface area contributed by atoms with Crippen molar-refractivity contribution in [1.82, 2.24) is 0 Å². The molecule has 0 aliphatic rings. The van der Waals surface area contributed by atoms with E-state index >= 15 is 0 Å². The largest absolute Gasteiger partial charge is 0.462 e. The third-order valence-corrected chi connectivity index (χ3v) is 7.30. The van der Waals surface area contributed by atoms with Crippen LogP contribution < -0.4 is 0 Å². The van der Waals surface area contributed by atoms with Gasteiger partial charge in [0.05, 0.1) is 0 Å². The lowest BCUT2D eigenvalue weighted by Gasteiger charge is -2.18. The first-order chi connectivity index (χ1) is 18.6. The van der Waals surface area contributed by atoms with E-state index in [0.717, 1.165) is 51.4 Å². The smallest absolute Gasteiger partial charge is 0.306 e. The van der Waals surface area contributed by atoms with Gasteiger partial charge in [0.25, 0.3) is 0 Å². The number of ether oxygens (including phenoxy) is 2. The van der Waals surface area contributed by atoms with Gasteiger partial charge in [0, 0.05) is 12.8 Å². The highest BCUT2D eigenvalue weighted by molar-refractivity contribution is 5.69. The number of allylic oxidation sites excluding steroid dienone is 1. The molecule has 0 amide bonds. The molecular formula is C34H64O4. The zero-order valence-electron chi connectivity index (χ0n) is 25.7. The third-order valence-electron chi connectivity index (χ3n) is 7.30. The van der Waals surface area contributed by atoms with Gasteiger partial charge in [0.2, 0.25) is 0 Å². The number of hydrogen-bond acceptors (Lipinski definition) is 4. The minimum absolute atomic E-state index is 0.0171. The summed E-state index contributed by atoms with van der Waals surface area (Å²) in [6.45, 7) is 7.11. The Balaban J connectivity index is 3.87. The van der Waals surface area contributed by atoms with Crippen molar-refractivity contribution in [2.75, 3.05) is 6.61 Å². The summed E-state index contributed by atoms with van der Waals surface area (Å²) in [7, 11) is 0. The lowest BCUT2D eigenvalue weighted by Crippen LogP contribution is -2.18. The fourth-order valence-corrected chi connectivity index (χ4v) is 4.79. The number of carbonyl (C=O) groups excluding carboxylic acids is 2. The minimum atomic E-state index is -0.102. The number of hydrogen-bond donors (Lipinski definition) is 0. The van der Waals surface area contributed by atoms with Gasteiger partial charge in [0.15, 0.2) is 0 Å². The maximum atomic E-state index is 12.5. The number of esters is 2. The first-order valence-corrected chi connectivity index (χ1v) is 16.6. The third kappa shape index (κ3) is 27.7. The zero-order valence-corrected chi connectivity index (χ0v) is 25.7. The van der Waals surface area contributed by atoms with Crippen LogP contribution in [-0.2, 0) is 19.1 Å². The zero-order chi connectivity index (χ0) is 27.9. The molecule has 0 aliphatic carbocycles. The molecule has 1 unspecified atom stereocenters. The molecule has 4 heteroatoms. The molecule has 224 valence electrons. The van der Waals surface area contributed by atoms with Gasteiger partial charge in [-0.05, 0) is 51.4 Å². The van der Waals surface area contributed by atoms with Crippen molar-refractivity contribution < 1.29 is 19.1 Å². The number of carbonyl (C=O) groups is 2. The molecule has 1 atom stereocenters. The summed E-state index contributed by atoms with van der Waals surface area (Å²) in [5.74, 6) is -0.119. The Morgan fingerprint density at radius 3 is 1.53 bits per heavy atom. The van der Waals surface area contributed by atoms with Gasteiger partial charge in [-0.2, -0.15) is 0 Å². The number of rotatable bonds is 29. The minimum Gasteiger partial charge on any atom is -0.462 e. The fourth-order valence-electron chi connectivity index (χ4n) is 4.79. The van der Waals surface area contributed by atoms with E-state index < -0.39 is 0 Å². The van der Waals surface area contributed by atoms with Crippen LogP contribution in [0.1, 0.15) is 181 Å². The van der Waals surface area contributed by atoms with Gasteiger partial charge in [0.1, 0.15) is 12.7 Å². The van der Waals surface area contributed by atoms with Crippen molar-refractivity contribution in [1.29, 1.82) is 0 Å². The molecule has 0 heterocycles. The van der Waals surface area contributed by atoms with Gasteiger partial charge in [-0.3, -0.25) is 9.59 Å². The maximum Gasteiger partial charge on any atom is 0.306 e. The van der Waals surface area contributed by atoms with Crippen molar-refractivity contribution in [3.05, 3.63) is 12.2 Å². The van der Waals surface area contributed by atoms with Gasteiger partial charge < -0.3 is 9.47 Å². The predicted octanol–water partition coefficient (Wildman–Crippen LogP) is 10.8. The van der Waals surface area contributed by atoms with E-state index in [1.165, 1.54) is 96.3 Å². The van der Waals surface area contributed by atoms with E-state index in [2.05, 4.69) is 26.8 Å². The molecule has 0 aromatic heterocycles. The summed E-state index contributed by atoms with van der Waals surface area (Å²) >= 11 is 0. The highest BCUT2D eigenvalue weighted by atomic mass is 16.5. The molecule has 0 fully saturated rings. The molecule has 0 aromatic rings. The second-order valence-electron chi connectivity index (χ2n) is 11.1. The second-order valence-corrected chi connectivity index (χ2v) is 11.1. The molecule has 0 bridgehead atoms. The Kier molecular flexibility index (Phi) is 29.2.